The van der Waals surface area contributed by atoms with Crippen LogP contribution in [0.25, 0.3) is 0 Å². The molecule has 2 rings (SSSR count). The normalized spacial score (nSPS) is 14.4. The Morgan fingerprint density at radius 2 is 2.22 bits per heavy atom. The fraction of sp³-hybridized carbons (Fsp3) is 0.455. The van der Waals surface area contributed by atoms with Crippen LogP contribution in [0.4, 0.5) is 5.69 Å². The highest BCUT2D eigenvalue weighted by Crippen LogP contribution is 2.32. The smallest absolute Gasteiger partial charge is 0.356 e. The number of halogens is 2. The van der Waals surface area contributed by atoms with E-state index in [0.717, 1.165) is 6.54 Å². The van der Waals surface area contributed by atoms with Crippen LogP contribution >= 0.6 is 23.2 Å². The van der Waals surface area contributed by atoms with E-state index in [2.05, 4.69) is 15.0 Å². The van der Waals surface area contributed by atoms with Crippen LogP contribution in [-0.2, 0) is 4.74 Å². The third-order valence-electron chi connectivity index (χ3n) is 2.78. The van der Waals surface area contributed by atoms with E-state index in [1.54, 1.807) is 0 Å². The maximum Gasteiger partial charge on any atom is 0.356 e. The number of esters is 1. The fourth-order valence-electron chi connectivity index (χ4n) is 1.54. The number of hydrogen-bond donors (Lipinski definition) is 1. The predicted octanol–water partition coefficient (Wildman–Crippen LogP) is 1.79. The van der Waals surface area contributed by atoms with E-state index in [4.69, 9.17) is 31.0 Å². The van der Waals surface area contributed by atoms with Crippen molar-refractivity contribution in [2.24, 2.45) is 5.92 Å². The lowest BCUT2D eigenvalue weighted by atomic mass is 9.92. The molecule has 94 valence electrons. The first-order chi connectivity index (χ1) is 8.54. The van der Waals surface area contributed by atoms with Crippen molar-refractivity contribution in [1.29, 1.82) is 0 Å². The van der Waals surface area contributed by atoms with E-state index in [0.29, 0.717) is 11.6 Å². The molecule has 0 spiro atoms. The number of carbonyl (C=O) groups is 1. The summed E-state index contributed by atoms with van der Waals surface area (Å²) in [5.41, 5.74) is 0.589. The first kappa shape index (κ1) is 13.5. The van der Waals surface area contributed by atoms with E-state index in [1.807, 2.05) is 0 Å². The third kappa shape index (κ3) is 2.73. The largest absolute Gasteiger partial charge is 0.464 e. The summed E-state index contributed by atoms with van der Waals surface area (Å²) in [7, 11) is 7.12. The van der Waals surface area contributed by atoms with Crippen molar-refractivity contribution in [3.63, 3.8) is 0 Å². The van der Waals surface area contributed by atoms with Crippen molar-refractivity contribution in [1.82, 2.24) is 4.98 Å². The van der Waals surface area contributed by atoms with Crippen molar-refractivity contribution in [3.05, 3.63) is 15.9 Å². The van der Waals surface area contributed by atoms with E-state index < -0.39 is 5.97 Å². The monoisotopic (exact) mass is 284 g/mol. The zero-order valence-corrected chi connectivity index (χ0v) is 11.3. The molecule has 0 unspecified atom stereocenters. The highest BCUT2D eigenvalue weighted by molar-refractivity contribution is 6.48. The van der Waals surface area contributed by atoms with Gasteiger partial charge < -0.3 is 10.1 Å². The molecule has 0 atom stereocenters. The lowest BCUT2D eigenvalue weighted by Crippen LogP contribution is -2.24. The van der Waals surface area contributed by atoms with Crippen molar-refractivity contribution in [2.45, 2.75) is 12.8 Å². The van der Waals surface area contributed by atoms with Crippen LogP contribution in [0, 0.1) is 5.92 Å². The van der Waals surface area contributed by atoms with Crippen LogP contribution in [0.2, 0.25) is 10.2 Å². The van der Waals surface area contributed by atoms with Gasteiger partial charge >= 0.3 is 5.97 Å². The molecular formula is C11H11BCl2N2O2. The molecule has 2 radical (unpaired) electrons. The number of hydrogen-bond acceptors (Lipinski definition) is 4. The molecule has 18 heavy (non-hydrogen) atoms. The van der Waals surface area contributed by atoms with Crippen molar-refractivity contribution in [3.8, 4) is 0 Å². The predicted molar refractivity (Wildman–Crippen MR) is 72.2 cm³/mol. The SMILES string of the molecule is [B]c1c(C(=O)OC)nc(Cl)c(Cl)c1NCC1CC1. The molecule has 1 N–H and O–H groups in total. The summed E-state index contributed by atoms with van der Waals surface area (Å²) in [6.45, 7) is 0.755. The second-order valence-corrected chi connectivity index (χ2v) is 4.91. The Kier molecular flexibility index (Phi) is 4.02. The molecule has 0 aliphatic heterocycles. The number of methoxy groups -OCH3 is 1. The van der Waals surface area contributed by atoms with Gasteiger partial charge in [0.15, 0.2) is 5.15 Å². The second-order valence-electron chi connectivity index (χ2n) is 4.17. The molecule has 0 saturated heterocycles. The van der Waals surface area contributed by atoms with Crippen molar-refractivity contribution in [2.75, 3.05) is 19.0 Å². The van der Waals surface area contributed by atoms with Gasteiger partial charge in [-0.25, -0.2) is 9.78 Å². The Labute approximate surface area is 116 Å². The van der Waals surface area contributed by atoms with Gasteiger partial charge in [-0.05, 0) is 24.2 Å². The maximum absolute atomic E-state index is 11.5. The molecule has 1 aromatic rings. The molecule has 1 aliphatic rings. The summed E-state index contributed by atoms with van der Waals surface area (Å²) in [5.74, 6) is -0.00507. The molecular weight excluding hydrogens is 274 g/mol. The quantitative estimate of drug-likeness (QED) is 0.520. The molecule has 0 aromatic carbocycles. The average Bonchev–Trinajstić information content (AvgIpc) is 3.17. The van der Waals surface area contributed by atoms with Crippen LogP contribution in [0.15, 0.2) is 0 Å². The van der Waals surface area contributed by atoms with Gasteiger partial charge in [-0.15, -0.1) is 0 Å². The lowest BCUT2D eigenvalue weighted by Gasteiger charge is -2.14. The maximum atomic E-state index is 11.5. The van der Waals surface area contributed by atoms with Crippen LogP contribution < -0.4 is 10.8 Å². The van der Waals surface area contributed by atoms with Gasteiger partial charge in [-0.1, -0.05) is 23.2 Å². The zero-order valence-electron chi connectivity index (χ0n) is 9.80. The summed E-state index contributed by atoms with van der Waals surface area (Å²) in [5, 5.41) is 3.37. The van der Waals surface area contributed by atoms with Crippen LogP contribution in [-0.4, -0.2) is 32.5 Å². The first-order valence-electron chi connectivity index (χ1n) is 5.51. The van der Waals surface area contributed by atoms with Gasteiger partial charge in [0.2, 0.25) is 0 Å². The topological polar surface area (TPSA) is 51.2 Å². The summed E-state index contributed by atoms with van der Waals surface area (Å²) in [4.78, 5) is 15.3. The minimum Gasteiger partial charge on any atom is -0.464 e. The molecule has 1 fully saturated rings. The van der Waals surface area contributed by atoms with Gasteiger partial charge in [0, 0.05) is 6.54 Å². The molecule has 1 aromatic heterocycles. The Bertz CT molecular complexity index is 492. The molecule has 0 amide bonds. The summed E-state index contributed by atoms with van der Waals surface area (Å²) < 4.78 is 4.59. The van der Waals surface area contributed by atoms with E-state index in [1.165, 1.54) is 20.0 Å². The van der Waals surface area contributed by atoms with Crippen LogP contribution in [0.5, 0.6) is 0 Å². The Morgan fingerprint density at radius 3 is 2.78 bits per heavy atom. The highest BCUT2D eigenvalue weighted by atomic mass is 35.5. The lowest BCUT2D eigenvalue weighted by molar-refractivity contribution is 0.0596. The number of ether oxygens (including phenoxy) is 1. The zero-order chi connectivity index (χ0) is 13.3. The number of aromatic nitrogens is 1. The van der Waals surface area contributed by atoms with Crippen LogP contribution in [0.1, 0.15) is 23.3 Å². The van der Waals surface area contributed by atoms with E-state index in [-0.39, 0.29) is 21.3 Å². The minimum atomic E-state index is -0.638. The van der Waals surface area contributed by atoms with E-state index in [9.17, 15) is 4.79 Å². The van der Waals surface area contributed by atoms with Gasteiger partial charge in [0.05, 0.1) is 12.8 Å². The first-order valence-corrected chi connectivity index (χ1v) is 6.26. The second kappa shape index (κ2) is 5.37. The standard InChI is InChI=1S/C11H11BCl2N2O2/c1-18-11(17)9-6(12)8(7(13)10(14)16-9)15-4-5-2-3-5/h5H,2-4H2,1H3,(H,15,16). The molecule has 1 aliphatic carbocycles. The van der Waals surface area contributed by atoms with Gasteiger partial charge in [0.25, 0.3) is 0 Å². The van der Waals surface area contributed by atoms with Gasteiger partial charge in [0.1, 0.15) is 18.6 Å². The van der Waals surface area contributed by atoms with E-state index >= 15 is 0 Å². The number of pyridine rings is 1. The summed E-state index contributed by atoms with van der Waals surface area (Å²) in [6, 6.07) is 0. The molecule has 4 nitrogen and oxygen atoms in total. The summed E-state index contributed by atoms with van der Waals surface area (Å²) in [6.07, 6.45) is 2.38. The average molecular weight is 285 g/mol. The highest BCUT2D eigenvalue weighted by Gasteiger charge is 2.23. The number of anilines is 1. The van der Waals surface area contributed by atoms with Crippen molar-refractivity contribution < 1.29 is 9.53 Å². The fourth-order valence-corrected chi connectivity index (χ4v) is 1.93. The van der Waals surface area contributed by atoms with Crippen molar-refractivity contribution >= 4 is 48.2 Å². The summed E-state index contributed by atoms with van der Waals surface area (Å²) >= 11 is 11.9. The number of carbonyl (C=O) groups excluding carboxylic acids is 1. The number of nitrogens with one attached hydrogen (secondary N) is 1. The minimum absolute atomic E-state index is 0.0230. The molecule has 7 heteroatoms. The number of nitrogens with zero attached hydrogens (tertiary/aromatic N) is 1. The van der Waals surface area contributed by atoms with Gasteiger partial charge in [-0.3, -0.25) is 0 Å². The molecule has 1 saturated carbocycles. The Morgan fingerprint density at radius 1 is 1.56 bits per heavy atom. The third-order valence-corrected chi connectivity index (χ3v) is 3.52. The molecule has 0 bridgehead atoms. The molecule has 1 heterocycles. The number of rotatable bonds is 4. The Hall–Kier alpha value is -0.935. The van der Waals surface area contributed by atoms with Crippen LogP contribution in [0.3, 0.4) is 0 Å². The Balaban J connectivity index is 2.34. The van der Waals surface area contributed by atoms with Gasteiger partial charge in [-0.2, -0.15) is 0 Å².